The third-order valence-corrected chi connectivity index (χ3v) is 14.0. The van der Waals surface area contributed by atoms with Crippen LogP contribution in [0.1, 0.15) is 11.1 Å². The highest BCUT2D eigenvalue weighted by Gasteiger charge is 2.22. The first-order chi connectivity index (χ1) is 36.2. The smallest absolute Gasteiger partial charge is 0.235 e. The Morgan fingerprint density at radius 2 is 0.836 bits per heavy atom. The van der Waals surface area contributed by atoms with Crippen LogP contribution >= 0.6 is 0 Å². The third-order valence-electron chi connectivity index (χ3n) is 14.0. The van der Waals surface area contributed by atoms with Gasteiger partial charge >= 0.3 is 0 Å². The van der Waals surface area contributed by atoms with Gasteiger partial charge in [-0.2, -0.15) is 0 Å². The van der Waals surface area contributed by atoms with E-state index in [0.29, 0.717) is 12.6 Å². The van der Waals surface area contributed by atoms with Crippen molar-refractivity contribution in [2.24, 2.45) is 9.98 Å². The number of hydrogen-bond acceptors (Lipinski definition) is 4. The van der Waals surface area contributed by atoms with E-state index in [4.69, 9.17) is 15.0 Å². The van der Waals surface area contributed by atoms with Crippen molar-refractivity contribution in [3.05, 3.63) is 266 Å². The molecule has 0 radical (unpaired) electrons. The molecule has 13 rings (SSSR count). The van der Waals surface area contributed by atoms with E-state index in [1.807, 2.05) is 42.5 Å². The van der Waals surface area contributed by atoms with Crippen molar-refractivity contribution in [1.82, 2.24) is 19.1 Å². The maximum Gasteiger partial charge on any atom is 0.235 e. The number of rotatable bonds is 11. The lowest BCUT2D eigenvalue weighted by Gasteiger charge is -2.12. The SMILES string of the molecule is C=N/C(=C\C(=N/Cn1c2ccc(-c3ccccc3)cc2c2c3ccc4c(c3ccc21)c1cc(-c2ccccc2)ccc1n4-c1nc(-c2ccccc2)cc(-c2ccccc2)n1)c1ccccc1)c1ccccc1. The Hall–Kier alpha value is -9.78. The van der Waals surface area contributed by atoms with Gasteiger partial charge in [-0.15, -0.1) is 0 Å². The first kappa shape index (κ1) is 43.3. The zero-order chi connectivity index (χ0) is 48.7. The van der Waals surface area contributed by atoms with Crippen molar-refractivity contribution < 1.29 is 0 Å². The fourth-order valence-electron chi connectivity index (χ4n) is 10.5. The monoisotopic (exact) mass is 934 g/mol. The van der Waals surface area contributed by atoms with E-state index >= 15 is 0 Å². The van der Waals surface area contributed by atoms with E-state index in [9.17, 15) is 0 Å². The van der Waals surface area contributed by atoms with E-state index in [1.165, 1.54) is 5.39 Å². The Kier molecular flexibility index (Phi) is 11.0. The van der Waals surface area contributed by atoms with Gasteiger partial charge in [0.2, 0.25) is 5.95 Å². The minimum Gasteiger partial charge on any atom is -0.320 e. The summed E-state index contributed by atoms with van der Waals surface area (Å²) in [7, 11) is 0. The standard InChI is InChI=1S/C67H46N6/c1-68-57(47-24-12-4-13-25-47)42-58(48-26-14-5-15-27-48)69-44-72-61-36-32-51(45-20-8-2-9-21-45)40-55(61)65-53-35-39-64-66(54(53)34-38-63(65)72)56-41-52(46-22-10-3-11-23-46)33-37-62(56)73(64)67-70-59(49-28-16-6-17-29-49)43-60(71-67)50-30-18-7-19-31-50/h2-43H,1,44H2/b57-42-,69-58+. The summed E-state index contributed by atoms with van der Waals surface area (Å²) in [5.41, 5.74) is 16.2. The van der Waals surface area contributed by atoms with E-state index in [2.05, 4.69) is 233 Å². The topological polar surface area (TPSA) is 60.4 Å². The number of aliphatic imine (C=N–C) groups is 2. The van der Waals surface area contributed by atoms with Crippen LogP contribution in [0.2, 0.25) is 0 Å². The van der Waals surface area contributed by atoms with Gasteiger partial charge in [-0.25, -0.2) is 9.97 Å². The molecular weight excluding hydrogens is 889 g/mol. The summed E-state index contributed by atoms with van der Waals surface area (Å²) in [5, 5.41) is 6.89. The van der Waals surface area contributed by atoms with E-state index in [1.54, 1.807) is 0 Å². The van der Waals surface area contributed by atoms with Gasteiger partial charge < -0.3 is 4.57 Å². The number of nitrogens with zero attached hydrogens (tertiary/aromatic N) is 6. The van der Waals surface area contributed by atoms with Crippen LogP contribution in [-0.2, 0) is 6.67 Å². The summed E-state index contributed by atoms with van der Waals surface area (Å²) < 4.78 is 4.61. The van der Waals surface area contributed by atoms with Crippen LogP contribution in [0.3, 0.4) is 0 Å². The van der Waals surface area contributed by atoms with Gasteiger partial charge in [0.25, 0.3) is 0 Å². The summed E-state index contributed by atoms with van der Waals surface area (Å²) in [6.07, 6.45) is 2.05. The van der Waals surface area contributed by atoms with Gasteiger partial charge in [0.05, 0.1) is 44.9 Å². The molecule has 0 N–H and O–H groups in total. The molecule has 344 valence electrons. The molecular formula is C67H46N6. The minimum atomic E-state index is 0.372. The average Bonchev–Trinajstić information content (AvgIpc) is 3.98. The van der Waals surface area contributed by atoms with Gasteiger partial charge in [-0.1, -0.05) is 206 Å². The van der Waals surface area contributed by atoms with Gasteiger partial charge in [-0.3, -0.25) is 14.6 Å². The molecule has 0 unspecified atom stereocenters. The summed E-state index contributed by atoms with van der Waals surface area (Å²) in [4.78, 5) is 20.7. The number of benzene rings is 10. The molecule has 13 aromatic rings. The van der Waals surface area contributed by atoms with E-state index in [0.717, 1.165) is 116 Å². The van der Waals surface area contributed by atoms with E-state index < -0.39 is 0 Å². The van der Waals surface area contributed by atoms with Crippen LogP contribution in [-0.4, -0.2) is 31.5 Å². The number of hydrogen-bond donors (Lipinski definition) is 0. The summed E-state index contributed by atoms with van der Waals surface area (Å²) in [5.74, 6) is 0.611. The minimum absolute atomic E-state index is 0.372. The molecule has 0 atom stereocenters. The Morgan fingerprint density at radius 3 is 1.37 bits per heavy atom. The van der Waals surface area contributed by atoms with Crippen LogP contribution in [0.5, 0.6) is 0 Å². The maximum atomic E-state index is 5.43. The average molecular weight is 935 g/mol. The number of allylic oxidation sites excluding steroid dienone is 1. The van der Waals surface area contributed by atoms with Crippen LogP contribution in [0.25, 0.3) is 111 Å². The molecule has 10 aromatic carbocycles. The highest BCUT2D eigenvalue weighted by Crippen LogP contribution is 2.44. The first-order valence-electron chi connectivity index (χ1n) is 24.6. The summed E-state index contributed by atoms with van der Waals surface area (Å²) in [6, 6.07) is 87.5. The van der Waals surface area contributed by atoms with E-state index in [-0.39, 0.29) is 0 Å². The lowest BCUT2D eigenvalue weighted by atomic mass is 9.97. The molecule has 0 saturated carbocycles. The first-order valence-corrected chi connectivity index (χ1v) is 24.6. The number of fused-ring (bicyclic) bond motifs is 9. The third kappa shape index (κ3) is 7.88. The largest absolute Gasteiger partial charge is 0.320 e. The van der Waals surface area contributed by atoms with Crippen LogP contribution in [0.4, 0.5) is 0 Å². The van der Waals surface area contributed by atoms with Crippen molar-refractivity contribution in [2.45, 2.75) is 6.67 Å². The molecule has 0 amide bonds. The highest BCUT2D eigenvalue weighted by atomic mass is 15.2. The second kappa shape index (κ2) is 18.5. The molecule has 6 heteroatoms. The molecule has 73 heavy (non-hydrogen) atoms. The molecule has 0 spiro atoms. The normalized spacial score (nSPS) is 12.1. The predicted octanol–water partition coefficient (Wildman–Crippen LogP) is 16.7. The molecule has 0 aliphatic carbocycles. The fraction of sp³-hybridized carbons (Fsp3) is 0.0149. The quantitative estimate of drug-likeness (QED) is 0.121. The number of aromatic nitrogens is 4. The summed E-state index contributed by atoms with van der Waals surface area (Å²) >= 11 is 0. The van der Waals surface area contributed by atoms with Crippen LogP contribution in [0.15, 0.2) is 265 Å². The lowest BCUT2D eigenvalue weighted by molar-refractivity contribution is 0.794. The van der Waals surface area contributed by atoms with Gasteiger partial charge in [0.15, 0.2) is 0 Å². The van der Waals surface area contributed by atoms with Crippen LogP contribution < -0.4 is 0 Å². The molecule has 0 saturated heterocycles. The fourth-order valence-corrected chi connectivity index (χ4v) is 10.5. The highest BCUT2D eigenvalue weighted by molar-refractivity contribution is 6.29. The van der Waals surface area contributed by atoms with Crippen molar-refractivity contribution in [1.29, 1.82) is 0 Å². The van der Waals surface area contributed by atoms with Crippen molar-refractivity contribution >= 4 is 72.5 Å². The lowest BCUT2D eigenvalue weighted by Crippen LogP contribution is -2.04. The van der Waals surface area contributed by atoms with Crippen molar-refractivity contribution in [3.63, 3.8) is 0 Å². The van der Waals surface area contributed by atoms with Gasteiger partial charge in [0, 0.05) is 38.2 Å². The molecule has 0 fully saturated rings. The zero-order valence-electron chi connectivity index (χ0n) is 39.8. The predicted molar refractivity (Wildman–Crippen MR) is 306 cm³/mol. The molecule has 3 aromatic heterocycles. The molecule has 0 bridgehead atoms. The molecule has 6 nitrogen and oxygen atoms in total. The van der Waals surface area contributed by atoms with Crippen LogP contribution in [0, 0.1) is 0 Å². The van der Waals surface area contributed by atoms with Crippen molar-refractivity contribution in [2.75, 3.05) is 0 Å². The Bertz CT molecular complexity index is 4200. The zero-order valence-corrected chi connectivity index (χ0v) is 39.8. The van der Waals surface area contributed by atoms with Crippen molar-refractivity contribution in [3.8, 4) is 50.7 Å². The Balaban J connectivity index is 1.08. The summed E-state index contributed by atoms with van der Waals surface area (Å²) in [6.45, 7) is 4.34. The Morgan fingerprint density at radius 1 is 0.397 bits per heavy atom. The molecule has 0 aliphatic rings. The molecule has 0 aliphatic heterocycles. The Labute approximate surface area is 422 Å². The maximum absolute atomic E-state index is 5.43. The van der Waals surface area contributed by atoms with Gasteiger partial charge in [0.1, 0.15) is 6.67 Å². The second-order valence-electron chi connectivity index (χ2n) is 18.2. The second-order valence-corrected chi connectivity index (χ2v) is 18.2. The van der Waals surface area contributed by atoms with Gasteiger partial charge in [-0.05, 0) is 93.8 Å². The molecule has 3 heterocycles.